The Kier molecular flexibility index (Phi) is 32.4. The average Bonchev–Trinajstić information content (AvgIpc) is 2.88. The van der Waals surface area contributed by atoms with Crippen LogP contribution in [-0.2, 0) is 4.57 Å². The highest BCUT2D eigenvalue weighted by molar-refractivity contribution is 7.80. The molecule has 3 nitrogen and oxygen atoms in total. The lowest BCUT2D eigenvalue weighted by Gasteiger charge is -2.05. The number of hydrogen-bond acceptors (Lipinski definition) is 2. The second-order valence-electron chi connectivity index (χ2n) is 12.1. The predicted molar refractivity (Wildman–Crippen MR) is 174 cm³/mol. The largest absolute Gasteiger partial charge is 0.325 e. The normalized spacial score (nSPS) is 12.0. The molecule has 0 bridgehead atoms. The molecule has 0 radical (unpaired) electrons. The Hall–Kier alpha value is 0.500. The number of hydrogen-bond donors (Lipinski definition) is 3. The van der Waals surface area contributed by atoms with E-state index in [4.69, 9.17) is 9.79 Å². The summed E-state index contributed by atoms with van der Waals surface area (Å²) in [7, 11) is -3.77. The first-order valence-electron chi connectivity index (χ1n) is 17.2. The summed E-state index contributed by atoms with van der Waals surface area (Å²) in [6.07, 6.45) is 42.5. The molecule has 0 aliphatic carbocycles. The van der Waals surface area contributed by atoms with Crippen LogP contribution >= 0.6 is 20.2 Å². The van der Waals surface area contributed by atoms with Crippen LogP contribution in [0, 0.1) is 0 Å². The lowest BCUT2D eigenvalue weighted by molar-refractivity contribution is 0.370. The van der Waals surface area contributed by atoms with Crippen LogP contribution in [0.3, 0.4) is 0 Å². The SMILES string of the molecule is O=P(O)(O)CCCCCCCCCCCCCCCCCCCCCCCCCCCCCCCCCS. The summed E-state index contributed by atoms with van der Waals surface area (Å²) < 4.78 is 10.8. The van der Waals surface area contributed by atoms with Crippen molar-refractivity contribution < 1.29 is 14.4 Å². The number of rotatable bonds is 33. The van der Waals surface area contributed by atoms with Gasteiger partial charge in [0.2, 0.25) is 0 Å². The van der Waals surface area contributed by atoms with E-state index < -0.39 is 7.60 Å². The van der Waals surface area contributed by atoms with Crippen molar-refractivity contribution >= 4 is 20.2 Å². The van der Waals surface area contributed by atoms with Crippen molar-refractivity contribution in [3.63, 3.8) is 0 Å². The van der Waals surface area contributed by atoms with Gasteiger partial charge in [0.15, 0.2) is 0 Å². The molecular weight excluding hydrogens is 507 g/mol. The highest BCUT2D eigenvalue weighted by Gasteiger charge is 2.10. The van der Waals surface area contributed by atoms with E-state index in [-0.39, 0.29) is 6.16 Å². The fraction of sp³-hybridized carbons (Fsp3) is 1.00. The van der Waals surface area contributed by atoms with Crippen LogP contribution < -0.4 is 0 Å². The summed E-state index contributed by atoms with van der Waals surface area (Å²) in [4.78, 5) is 17.7. The van der Waals surface area contributed by atoms with Gasteiger partial charge in [-0.2, -0.15) is 12.6 Å². The van der Waals surface area contributed by atoms with Gasteiger partial charge in [0.1, 0.15) is 0 Å². The molecule has 0 aliphatic heterocycles. The molecule has 0 heterocycles. The maximum Gasteiger partial charge on any atom is 0.325 e. The van der Waals surface area contributed by atoms with E-state index in [1.165, 1.54) is 180 Å². The fourth-order valence-corrected chi connectivity index (χ4v) is 6.42. The number of thiol groups is 1. The lowest BCUT2D eigenvalue weighted by atomic mass is 10.0. The smallest absolute Gasteiger partial charge is 0.324 e. The van der Waals surface area contributed by atoms with Gasteiger partial charge in [-0.15, -0.1) is 0 Å². The monoisotopic (exact) mass is 576 g/mol. The molecule has 0 aromatic heterocycles. The van der Waals surface area contributed by atoms with Gasteiger partial charge in [-0.05, 0) is 18.6 Å². The Morgan fingerprint density at radius 1 is 0.316 bits per heavy atom. The molecule has 38 heavy (non-hydrogen) atoms. The van der Waals surface area contributed by atoms with Crippen LogP contribution in [0.1, 0.15) is 199 Å². The van der Waals surface area contributed by atoms with E-state index >= 15 is 0 Å². The lowest BCUT2D eigenvalue weighted by Crippen LogP contribution is -1.88. The van der Waals surface area contributed by atoms with E-state index in [2.05, 4.69) is 12.6 Å². The Morgan fingerprint density at radius 3 is 0.632 bits per heavy atom. The molecule has 0 spiro atoms. The summed E-state index contributed by atoms with van der Waals surface area (Å²) in [5.74, 6) is 1.06. The Morgan fingerprint density at radius 2 is 0.474 bits per heavy atom. The molecule has 0 aliphatic rings. The van der Waals surface area contributed by atoms with Crippen molar-refractivity contribution in [2.24, 2.45) is 0 Å². The van der Waals surface area contributed by atoms with Gasteiger partial charge in [-0.3, -0.25) is 4.57 Å². The molecule has 0 saturated carbocycles. The standard InChI is InChI=1S/C33H69O3PS/c34-37(35,36)32-30-28-26-24-22-20-18-16-14-12-10-8-6-4-2-1-3-5-7-9-11-13-15-17-19-21-23-25-27-29-31-33-38/h38H,1-33H2,(H2,34,35,36). The molecule has 0 fully saturated rings. The summed E-state index contributed by atoms with van der Waals surface area (Å²) in [6, 6.07) is 0. The van der Waals surface area contributed by atoms with Gasteiger partial charge in [0.05, 0.1) is 0 Å². The molecule has 0 saturated heterocycles. The van der Waals surface area contributed by atoms with Crippen LogP contribution in [0.25, 0.3) is 0 Å². The zero-order chi connectivity index (χ0) is 27.8. The second kappa shape index (κ2) is 32.0. The minimum Gasteiger partial charge on any atom is -0.324 e. The topological polar surface area (TPSA) is 57.5 Å². The van der Waals surface area contributed by atoms with Gasteiger partial charge in [-0.1, -0.05) is 186 Å². The minimum atomic E-state index is -3.77. The van der Waals surface area contributed by atoms with Crippen LogP contribution in [0.4, 0.5) is 0 Å². The quantitative estimate of drug-likeness (QED) is 0.0414. The molecule has 5 heteroatoms. The highest BCUT2D eigenvalue weighted by atomic mass is 32.1. The molecule has 0 aromatic rings. The van der Waals surface area contributed by atoms with Crippen molar-refractivity contribution in [3.05, 3.63) is 0 Å². The summed E-state index contributed by atoms with van der Waals surface area (Å²) >= 11 is 4.28. The first-order chi connectivity index (χ1) is 18.6. The maximum atomic E-state index is 10.8. The first-order valence-corrected chi connectivity index (χ1v) is 19.6. The highest BCUT2D eigenvalue weighted by Crippen LogP contribution is 2.35. The minimum absolute atomic E-state index is 0.0610. The Bertz CT molecular complexity index is 483. The molecule has 0 aromatic carbocycles. The fourth-order valence-electron chi connectivity index (χ4n) is 5.56. The summed E-state index contributed by atoms with van der Waals surface area (Å²) in [6.45, 7) is 0. The van der Waals surface area contributed by atoms with Crippen molar-refractivity contribution in [3.8, 4) is 0 Å². The summed E-state index contributed by atoms with van der Waals surface area (Å²) in [5.41, 5.74) is 0. The van der Waals surface area contributed by atoms with E-state index in [1.54, 1.807) is 0 Å². The van der Waals surface area contributed by atoms with E-state index in [1.807, 2.05) is 0 Å². The molecule has 0 atom stereocenters. The van der Waals surface area contributed by atoms with Crippen LogP contribution in [0.5, 0.6) is 0 Å². The molecular formula is C33H69O3PS. The van der Waals surface area contributed by atoms with E-state index in [0.29, 0.717) is 6.42 Å². The van der Waals surface area contributed by atoms with Crippen molar-refractivity contribution in [2.45, 2.75) is 199 Å². The second-order valence-corrected chi connectivity index (χ2v) is 14.3. The Balaban J connectivity index is 3.04. The molecule has 0 unspecified atom stereocenters. The van der Waals surface area contributed by atoms with Gasteiger partial charge >= 0.3 is 7.60 Å². The third-order valence-corrected chi connectivity index (χ3v) is 9.32. The van der Waals surface area contributed by atoms with Gasteiger partial charge < -0.3 is 9.79 Å². The number of unbranched alkanes of at least 4 members (excludes halogenated alkanes) is 30. The van der Waals surface area contributed by atoms with Gasteiger partial charge in [0.25, 0.3) is 0 Å². The van der Waals surface area contributed by atoms with Crippen LogP contribution in [0.2, 0.25) is 0 Å². The first kappa shape index (κ1) is 38.5. The van der Waals surface area contributed by atoms with Gasteiger partial charge in [-0.25, -0.2) is 0 Å². The zero-order valence-corrected chi connectivity index (χ0v) is 27.3. The molecule has 230 valence electrons. The maximum absolute atomic E-state index is 10.8. The third-order valence-electron chi connectivity index (χ3n) is 8.11. The third kappa shape index (κ3) is 36.5. The predicted octanol–water partition coefficient (Wildman–Crippen LogP) is 12.2. The molecule has 0 amide bonds. The van der Waals surface area contributed by atoms with Crippen molar-refractivity contribution in [2.75, 3.05) is 11.9 Å². The van der Waals surface area contributed by atoms with Crippen LogP contribution in [0.15, 0.2) is 0 Å². The Labute approximate surface area is 245 Å². The van der Waals surface area contributed by atoms with Crippen molar-refractivity contribution in [1.82, 2.24) is 0 Å². The molecule has 2 N–H and O–H groups in total. The summed E-state index contributed by atoms with van der Waals surface area (Å²) in [5, 5.41) is 0. The zero-order valence-electron chi connectivity index (χ0n) is 25.5. The van der Waals surface area contributed by atoms with Crippen molar-refractivity contribution in [1.29, 1.82) is 0 Å². The van der Waals surface area contributed by atoms with E-state index in [0.717, 1.165) is 18.6 Å². The van der Waals surface area contributed by atoms with Crippen LogP contribution in [-0.4, -0.2) is 21.7 Å². The average molecular weight is 577 g/mol. The molecule has 0 rings (SSSR count). The van der Waals surface area contributed by atoms with E-state index in [9.17, 15) is 4.57 Å². The van der Waals surface area contributed by atoms with Gasteiger partial charge in [0, 0.05) is 6.16 Å².